The second-order valence-electron chi connectivity index (χ2n) is 3.68. The third kappa shape index (κ3) is 4.89. The van der Waals surface area contributed by atoms with E-state index in [1.165, 1.54) is 0 Å². The molecule has 6 heteroatoms. The number of amides is 2. The van der Waals surface area contributed by atoms with E-state index in [1.54, 1.807) is 48.5 Å². The Kier molecular flexibility index (Phi) is 6.46. The Morgan fingerprint density at radius 1 is 0.650 bits per heavy atom. The molecule has 2 aromatic rings. The van der Waals surface area contributed by atoms with Crippen molar-refractivity contribution in [1.82, 2.24) is 10.9 Å². The van der Waals surface area contributed by atoms with Crippen LogP contribution in [0.4, 0.5) is 0 Å². The van der Waals surface area contributed by atoms with Crippen LogP contribution in [0.2, 0.25) is 0 Å². The van der Waals surface area contributed by atoms with Gasteiger partial charge < -0.3 is 0 Å². The van der Waals surface area contributed by atoms with Gasteiger partial charge in [-0.15, -0.1) is 0 Å². The highest BCUT2D eigenvalue weighted by Gasteiger charge is 1.99. The van der Waals surface area contributed by atoms with Crippen LogP contribution in [0.25, 0.3) is 0 Å². The van der Waals surface area contributed by atoms with Crippen LogP contribution in [0, 0.1) is 0 Å². The van der Waals surface area contributed by atoms with Gasteiger partial charge >= 0.3 is 0 Å². The minimum absolute atomic E-state index is 0.263. The summed E-state index contributed by atoms with van der Waals surface area (Å²) in [6.45, 7) is 0. The SMILES string of the molecule is NNC(=O)c1ccccc1.NNC(=O)c1ccccc1. The second-order valence-corrected chi connectivity index (χ2v) is 3.68. The van der Waals surface area contributed by atoms with Gasteiger partial charge in [0.1, 0.15) is 0 Å². The quantitative estimate of drug-likeness (QED) is 0.364. The van der Waals surface area contributed by atoms with Gasteiger partial charge in [-0.1, -0.05) is 36.4 Å². The van der Waals surface area contributed by atoms with Crippen molar-refractivity contribution in [2.24, 2.45) is 11.7 Å². The molecule has 0 unspecified atom stereocenters. The molecule has 0 heterocycles. The van der Waals surface area contributed by atoms with Crippen LogP contribution >= 0.6 is 0 Å². The first kappa shape index (κ1) is 15.4. The van der Waals surface area contributed by atoms with E-state index < -0.39 is 0 Å². The molecule has 0 aliphatic heterocycles. The lowest BCUT2D eigenvalue weighted by molar-refractivity contribution is 0.0945. The van der Waals surface area contributed by atoms with E-state index in [0.29, 0.717) is 11.1 Å². The molecule has 2 rings (SSSR count). The summed E-state index contributed by atoms with van der Waals surface area (Å²) in [6, 6.07) is 17.6. The maximum Gasteiger partial charge on any atom is 0.265 e. The Bertz CT molecular complexity index is 492. The molecule has 0 aliphatic carbocycles. The maximum atomic E-state index is 10.8. The van der Waals surface area contributed by atoms with Crippen LogP contribution in [0.3, 0.4) is 0 Å². The zero-order chi connectivity index (χ0) is 14.8. The third-order valence-corrected chi connectivity index (χ3v) is 2.33. The molecule has 0 radical (unpaired) electrons. The fraction of sp³-hybridized carbons (Fsp3) is 0. The topological polar surface area (TPSA) is 110 Å². The predicted octanol–water partition coefficient (Wildman–Crippen LogP) is 0.580. The highest BCUT2D eigenvalue weighted by molar-refractivity contribution is 5.94. The Morgan fingerprint density at radius 2 is 0.950 bits per heavy atom. The molecule has 6 nitrogen and oxygen atoms in total. The third-order valence-electron chi connectivity index (χ3n) is 2.33. The van der Waals surface area contributed by atoms with Crippen LogP contribution < -0.4 is 22.5 Å². The zero-order valence-corrected chi connectivity index (χ0v) is 10.7. The van der Waals surface area contributed by atoms with E-state index in [1.807, 2.05) is 23.0 Å². The maximum absolute atomic E-state index is 10.8. The van der Waals surface area contributed by atoms with Crippen LogP contribution in [0.5, 0.6) is 0 Å². The molecule has 0 fully saturated rings. The monoisotopic (exact) mass is 272 g/mol. The number of carbonyl (C=O) groups excluding carboxylic acids is 2. The van der Waals surface area contributed by atoms with Gasteiger partial charge in [0.2, 0.25) is 0 Å². The van der Waals surface area contributed by atoms with Crippen molar-refractivity contribution in [2.45, 2.75) is 0 Å². The van der Waals surface area contributed by atoms with Crippen LogP contribution in [-0.4, -0.2) is 11.8 Å². The van der Waals surface area contributed by atoms with Crippen molar-refractivity contribution in [1.29, 1.82) is 0 Å². The van der Waals surface area contributed by atoms with Crippen molar-refractivity contribution < 1.29 is 9.59 Å². The molecule has 0 saturated carbocycles. The summed E-state index contributed by atoms with van der Waals surface area (Å²) >= 11 is 0. The van der Waals surface area contributed by atoms with Gasteiger partial charge in [0.05, 0.1) is 0 Å². The van der Waals surface area contributed by atoms with Gasteiger partial charge in [-0.05, 0) is 24.3 Å². The Hall–Kier alpha value is -2.70. The van der Waals surface area contributed by atoms with E-state index in [9.17, 15) is 9.59 Å². The number of hydrogen-bond donors (Lipinski definition) is 4. The van der Waals surface area contributed by atoms with Crippen LogP contribution in [-0.2, 0) is 0 Å². The molecule has 0 spiro atoms. The normalized spacial score (nSPS) is 8.90. The summed E-state index contributed by atoms with van der Waals surface area (Å²) in [7, 11) is 0. The Labute approximate surface area is 116 Å². The van der Waals surface area contributed by atoms with Crippen molar-refractivity contribution in [2.75, 3.05) is 0 Å². The summed E-state index contributed by atoms with van der Waals surface area (Å²) in [6.07, 6.45) is 0. The minimum Gasteiger partial charge on any atom is -0.290 e. The largest absolute Gasteiger partial charge is 0.290 e. The number of nitrogen functional groups attached to an aromatic ring is 2. The molecule has 0 aliphatic rings. The summed E-state index contributed by atoms with van der Waals surface area (Å²) < 4.78 is 0. The van der Waals surface area contributed by atoms with E-state index in [2.05, 4.69) is 0 Å². The molecule has 0 bridgehead atoms. The number of rotatable bonds is 2. The molecule has 104 valence electrons. The van der Waals surface area contributed by atoms with E-state index in [-0.39, 0.29) is 11.8 Å². The van der Waals surface area contributed by atoms with E-state index in [0.717, 1.165) is 0 Å². The predicted molar refractivity (Wildman–Crippen MR) is 76.2 cm³/mol. The Balaban J connectivity index is 0.000000200. The highest BCUT2D eigenvalue weighted by Crippen LogP contribution is 1.96. The number of nitrogens with one attached hydrogen (secondary N) is 2. The first-order valence-electron chi connectivity index (χ1n) is 5.81. The van der Waals surface area contributed by atoms with Crippen molar-refractivity contribution >= 4 is 11.8 Å². The molecule has 0 aromatic heterocycles. The zero-order valence-electron chi connectivity index (χ0n) is 10.7. The minimum atomic E-state index is -0.263. The molecule has 0 saturated heterocycles. The van der Waals surface area contributed by atoms with Gasteiger partial charge in [0, 0.05) is 11.1 Å². The first-order valence-corrected chi connectivity index (χ1v) is 5.81. The number of carbonyl (C=O) groups is 2. The van der Waals surface area contributed by atoms with Gasteiger partial charge in [0.15, 0.2) is 0 Å². The second kappa shape index (κ2) is 8.41. The molecule has 2 amide bonds. The van der Waals surface area contributed by atoms with Crippen molar-refractivity contribution in [3.05, 3.63) is 71.8 Å². The molecular weight excluding hydrogens is 256 g/mol. The van der Waals surface area contributed by atoms with E-state index >= 15 is 0 Å². The molecule has 20 heavy (non-hydrogen) atoms. The fourth-order valence-electron chi connectivity index (χ4n) is 1.35. The molecule has 2 aromatic carbocycles. The van der Waals surface area contributed by atoms with Crippen LogP contribution in [0.15, 0.2) is 60.7 Å². The summed E-state index contributed by atoms with van der Waals surface area (Å²) in [5.74, 6) is 9.28. The van der Waals surface area contributed by atoms with Gasteiger partial charge in [-0.2, -0.15) is 0 Å². The number of benzene rings is 2. The summed E-state index contributed by atoms with van der Waals surface area (Å²) in [4.78, 5) is 21.6. The average molecular weight is 272 g/mol. The smallest absolute Gasteiger partial charge is 0.265 e. The molecule has 6 N–H and O–H groups in total. The van der Waals surface area contributed by atoms with Crippen molar-refractivity contribution in [3.8, 4) is 0 Å². The van der Waals surface area contributed by atoms with Gasteiger partial charge in [0.25, 0.3) is 11.8 Å². The fourth-order valence-corrected chi connectivity index (χ4v) is 1.35. The lowest BCUT2D eigenvalue weighted by atomic mass is 10.2. The lowest BCUT2D eigenvalue weighted by Gasteiger charge is -1.95. The van der Waals surface area contributed by atoms with Gasteiger partial charge in [-0.3, -0.25) is 20.4 Å². The molecular formula is C14H16N4O2. The van der Waals surface area contributed by atoms with Gasteiger partial charge in [-0.25, -0.2) is 11.7 Å². The van der Waals surface area contributed by atoms with E-state index in [4.69, 9.17) is 11.7 Å². The average Bonchev–Trinajstić information content (AvgIpc) is 2.55. The Morgan fingerprint density at radius 3 is 1.20 bits per heavy atom. The lowest BCUT2D eigenvalue weighted by Crippen LogP contribution is -2.29. The number of hydrazine groups is 2. The first-order chi connectivity index (χ1) is 9.69. The standard InChI is InChI=1S/2C7H8N2O/c2*8-9-7(10)6-4-2-1-3-5-6/h2*1-5H,8H2,(H,9,10). The number of hydrogen-bond acceptors (Lipinski definition) is 4. The van der Waals surface area contributed by atoms with Crippen molar-refractivity contribution in [3.63, 3.8) is 0 Å². The number of nitrogens with two attached hydrogens (primary N) is 2. The summed E-state index contributed by atoms with van der Waals surface area (Å²) in [5, 5.41) is 0. The highest BCUT2D eigenvalue weighted by atomic mass is 16.2. The van der Waals surface area contributed by atoms with Crippen LogP contribution in [0.1, 0.15) is 20.7 Å². The molecule has 0 atom stereocenters. The summed E-state index contributed by atoms with van der Waals surface area (Å²) in [5.41, 5.74) is 5.23.